The summed E-state index contributed by atoms with van der Waals surface area (Å²) < 4.78 is 0. The molecule has 4 rings (SSSR count). The lowest BCUT2D eigenvalue weighted by Crippen LogP contribution is -2.20. The van der Waals surface area contributed by atoms with Crippen LogP contribution in [0, 0.1) is 5.92 Å². The first-order valence-electron chi connectivity index (χ1n) is 20.9. The van der Waals surface area contributed by atoms with E-state index in [2.05, 4.69) is 111 Å². The van der Waals surface area contributed by atoms with E-state index in [1.54, 1.807) is 5.57 Å². The average molecular weight is 706 g/mol. The number of nitrogens with one attached hydrogen (secondary N) is 1. The van der Waals surface area contributed by atoms with Crippen LogP contribution in [0.25, 0.3) is 16.7 Å². The quantitative estimate of drug-likeness (QED) is 0.0801. The van der Waals surface area contributed by atoms with Gasteiger partial charge in [0.15, 0.2) is 0 Å². The summed E-state index contributed by atoms with van der Waals surface area (Å²) >= 11 is 0. The highest BCUT2D eigenvalue weighted by atomic mass is 31.2. The van der Waals surface area contributed by atoms with Crippen LogP contribution in [0.2, 0.25) is 0 Å². The first-order valence-corrected chi connectivity index (χ1v) is 23.7. The van der Waals surface area contributed by atoms with Gasteiger partial charge in [-0.2, -0.15) is 0 Å². The predicted molar refractivity (Wildman–Crippen MR) is 234 cm³/mol. The lowest BCUT2D eigenvalue weighted by Gasteiger charge is -2.20. The Kier molecular flexibility index (Phi) is 18.7. The van der Waals surface area contributed by atoms with Crippen LogP contribution < -0.4 is 5.32 Å². The van der Waals surface area contributed by atoms with E-state index < -0.39 is 6.89 Å². The molecule has 2 aliphatic rings. The van der Waals surface area contributed by atoms with E-state index in [-0.39, 0.29) is 0 Å². The number of fused-ring (bicyclic) bond motifs is 1. The van der Waals surface area contributed by atoms with Gasteiger partial charge in [-0.1, -0.05) is 157 Å². The molecule has 0 aromatic heterocycles. The number of hydrogen-bond acceptors (Lipinski definition) is 1. The molecular formula is C49H72NP. The molecule has 2 heteroatoms. The van der Waals surface area contributed by atoms with E-state index in [0.717, 1.165) is 25.9 Å². The summed E-state index contributed by atoms with van der Waals surface area (Å²) in [7, 11) is 0. The molecule has 0 heterocycles. The van der Waals surface area contributed by atoms with Crippen LogP contribution >= 0.6 is 6.89 Å². The summed E-state index contributed by atoms with van der Waals surface area (Å²) in [6, 6.07) is 17.9. The Morgan fingerprint density at radius 2 is 1.53 bits per heavy atom. The van der Waals surface area contributed by atoms with Gasteiger partial charge in [-0.3, -0.25) is 0 Å². The molecule has 0 radical (unpaired) electrons. The Labute approximate surface area is 314 Å². The summed E-state index contributed by atoms with van der Waals surface area (Å²) in [5, 5.41) is 3.75. The molecule has 278 valence electrons. The van der Waals surface area contributed by atoms with Crippen LogP contribution in [-0.2, 0) is 6.42 Å². The third-order valence-corrected chi connectivity index (χ3v) is 14.0. The number of unbranched alkanes of at least 4 members (excludes halogenated alkanes) is 10. The largest absolute Gasteiger partial charge is 0.313 e. The lowest BCUT2D eigenvalue weighted by molar-refractivity contribution is 0.581. The Balaban J connectivity index is 1.04. The smallest absolute Gasteiger partial charge is 0.0205 e. The van der Waals surface area contributed by atoms with Crippen molar-refractivity contribution in [2.45, 2.75) is 129 Å². The van der Waals surface area contributed by atoms with Crippen molar-refractivity contribution >= 4 is 18.8 Å². The van der Waals surface area contributed by atoms with Gasteiger partial charge in [0.05, 0.1) is 0 Å². The van der Waals surface area contributed by atoms with Crippen LogP contribution in [-0.4, -0.2) is 38.4 Å². The minimum absolute atomic E-state index is 0.602. The molecule has 0 spiro atoms. The van der Waals surface area contributed by atoms with Gasteiger partial charge < -0.3 is 5.32 Å². The first-order chi connectivity index (χ1) is 24.9. The van der Waals surface area contributed by atoms with E-state index in [9.17, 15) is 0 Å². The highest BCUT2D eigenvalue weighted by molar-refractivity contribution is 7.73. The zero-order valence-corrected chi connectivity index (χ0v) is 33.9. The Bertz CT molecular complexity index is 1500. The number of allylic oxidation sites excluding steroid dienone is 7. The molecule has 2 aromatic carbocycles. The van der Waals surface area contributed by atoms with Crippen LogP contribution in [0.5, 0.6) is 0 Å². The van der Waals surface area contributed by atoms with Gasteiger partial charge in [-0.25, -0.2) is 0 Å². The van der Waals surface area contributed by atoms with Crippen molar-refractivity contribution in [1.82, 2.24) is 5.32 Å². The molecule has 2 aromatic rings. The van der Waals surface area contributed by atoms with Crippen LogP contribution in [0.15, 0.2) is 102 Å². The lowest BCUT2D eigenvalue weighted by atomic mass is 9.88. The Morgan fingerprint density at radius 3 is 2.31 bits per heavy atom. The highest BCUT2D eigenvalue weighted by Crippen LogP contribution is 2.42. The molecular weight excluding hydrogens is 634 g/mol. The zero-order valence-electron chi connectivity index (χ0n) is 33.0. The topological polar surface area (TPSA) is 12.0 Å². The van der Waals surface area contributed by atoms with Crippen LogP contribution in [0.1, 0.15) is 134 Å². The van der Waals surface area contributed by atoms with Crippen molar-refractivity contribution < 1.29 is 0 Å². The molecule has 2 unspecified atom stereocenters. The monoisotopic (exact) mass is 706 g/mol. The molecule has 0 aliphatic heterocycles. The number of rotatable bonds is 25. The number of aryl methyl sites for hydroxylation is 1. The summed E-state index contributed by atoms with van der Waals surface area (Å²) in [6.07, 6.45) is 43.1. The fourth-order valence-electron chi connectivity index (χ4n) is 7.71. The van der Waals surface area contributed by atoms with Gasteiger partial charge in [0.2, 0.25) is 0 Å². The van der Waals surface area contributed by atoms with Crippen molar-refractivity contribution in [2.24, 2.45) is 5.92 Å². The molecule has 1 nitrogen and oxygen atoms in total. The Morgan fingerprint density at radius 1 is 0.804 bits per heavy atom. The molecule has 51 heavy (non-hydrogen) atoms. The maximum atomic E-state index is 4.72. The normalized spacial score (nSPS) is 16.8. The van der Waals surface area contributed by atoms with Crippen LogP contribution in [0.4, 0.5) is 0 Å². The summed E-state index contributed by atoms with van der Waals surface area (Å²) in [6.45, 7) is 12.4. The second-order valence-electron chi connectivity index (χ2n) is 15.9. The maximum absolute atomic E-state index is 4.72. The zero-order chi connectivity index (χ0) is 36.2. The van der Waals surface area contributed by atoms with Gasteiger partial charge in [0, 0.05) is 12.5 Å². The minimum atomic E-state index is -1.06. The molecule has 1 N–H and O–H groups in total. The van der Waals surface area contributed by atoms with E-state index in [4.69, 9.17) is 6.30 Å². The van der Waals surface area contributed by atoms with Gasteiger partial charge in [0.25, 0.3) is 0 Å². The van der Waals surface area contributed by atoms with E-state index >= 15 is 0 Å². The van der Waals surface area contributed by atoms with E-state index in [0.29, 0.717) is 5.92 Å². The van der Waals surface area contributed by atoms with Crippen molar-refractivity contribution in [2.75, 3.05) is 32.1 Å². The second-order valence-corrected chi connectivity index (χ2v) is 20.1. The molecule has 0 bridgehead atoms. The Hall–Kier alpha value is -2.60. The number of hydrogen-bond donors (Lipinski definition) is 1. The standard InChI is InChI=1S/C49H72NP/c1-6-8-9-10-11-14-17-22-43-27-32-46-33-29-44(38-49(46)34-28-43)40-50-35-20-37-51(4,5)36-18-15-12-13-16-21-41(3)47-23-19-24-48(39-47)45-30-25-42(7-2)26-31-45/h19,23-26,28-31,33-34,38-39,46,50H,3-4,6-18,20-22,27,32,35-37,40H2,1-2,5H3. The van der Waals surface area contributed by atoms with Gasteiger partial charge in [-0.15, -0.1) is 13.2 Å². The molecule has 2 atom stereocenters. The highest BCUT2D eigenvalue weighted by Gasteiger charge is 2.17. The fraction of sp³-hybridized carbons (Fsp3) is 0.531. The van der Waals surface area contributed by atoms with E-state index in [1.807, 2.05) is 0 Å². The molecule has 0 fully saturated rings. The summed E-state index contributed by atoms with van der Waals surface area (Å²) in [4.78, 5) is 0. The van der Waals surface area contributed by atoms with Gasteiger partial charge in [-0.05, 0) is 128 Å². The van der Waals surface area contributed by atoms with Crippen molar-refractivity contribution in [3.8, 4) is 11.1 Å². The average Bonchev–Trinajstić information content (AvgIpc) is 3.35. The number of benzene rings is 2. The van der Waals surface area contributed by atoms with Crippen molar-refractivity contribution in [3.05, 3.63) is 113 Å². The SMILES string of the molecule is C=C(CCCCCCCP(=C)(C)CCCNCC1=CC2=CC=C(CCCCCCCCC)CCC2C=C1)c1cccc(-c2ccc(CC)cc2)c1. The predicted octanol–water partition coefficient (Wildman–Crippen LogP) is 14.2. The maximum Gasteiger partial charge on any atom is 0.0205 e. The summed E-state index contributed by atoms with van der Waals surface area (Å²) in [5.41, 5.74) is 11.1. The van der Waals surface area contributed by atoms with Crippen molar-refractivity contribution in [1.29, 1.82) is 0 Å². The van der Waals surface area contributed by atoms with Gasteiger partial charge in [0.1, 0.15) is 0 Å². The molecule has 0 saturated heterocycles. The van der Waals surface area contributed by atoms with Crippen LogP contribution in [0.3, 0.4) is 0 Å². The summed E-state index contributed by atoms with van der Waals surface area (Å²) in [5.74, 6) is 0.602. The minimum Gasteiger partial charge on any atom is -0.313 e. The van der Waals surface area contributed by atoms with E-state index in [1.165, 1.54) is 154 Å². The third-order valence-electron chi connectivity index (χ3n) is 11.2. The second kappa shape index (κ2) is 23.1. The molecule has 0 saturated carbocycles. The van der Waals surface area contributed by atoms with Crippen molar-refractivity contribution in [3.63, 3.8) is 0 Å². The fourth-order valence-corrected chi connectivity index (χ4v) is 9.84. The first kappa shape index (κ1) is 41.2. The third kappa shape index (κ3) is 15.5. The molecule has 0 amide bonds. The van der Waals surface area contributed by atoms with Gasteiger partial charge >= 0.3 is 0 Å². The molecule has 2 aliphatic carbocycles.